The first-order valence-electron chi connectivity index (χ1n) is 9.01. The second-order valence-electron chi connectivity index (χ2n) is 7.74. The van der Waals surface area contributed by atoms with Crippen LogP contribution >= 0.6 is 0 Å². The van der Waals surface area contributed by atoms with Crippen molar-refractivity contribution in [3.8, 4) is 0 Å². The Kier molecular flexibility index (Phi) is 4.28. The third-order valence-electron chi connectivity index (χ3n) is 5.67. The highest BCUT2D eigenvalue weighted by atomic mass is 32.2. The number of ether oxygens (including phenoxy) is 1. The van der Waals surface area contributed by atoms with Gasteiger partial charge in [-0.05, 0) is 71.1 Å². The van der Waals surface area contributed by atoms with Gasteiger partial charge in [0, 0.05) is 13.4 Å². The van der Waals surface area contributed by atoms with E-state index in [4.69, 9.17) is 4.74 Å². The van der Waals surface area contributed by atoms with E-state index in [2.05, 4.69) is 24.3 Å². The smallest absolute Gasteiger partial charge is 0.175 e. The Balaban J connectivity index is 1.71. The van der Waals surface area contributed by atoms with Crippen LogP contribution in [0.1, 0.15) is 42.4 Å². The summed E-state index contributed by atoms with van der Waals surface area (Å²) in [6.07, 6.45) is 6.07. The van der Waals surface area contributed by atoms with E-state index >= 15 is 0 Å². The lowest BCUT2D eigenvalue weighted by Gasteiger charge is -2.10. The first kappa shape index (κ1) is 17.5. The first-order chi connectivity index (χ1) is 12.4. The van der Waals surface area contributed by atoms with Gasteiger partial charge in [0.05, 0.1) is 11.5 Å². The molecule has 136 valence electrons. The molecule has 2 aliphatic rings. The van der Waals surface area contributed by atoms with Crippen LogP contribution in [0.5, 0.6) is 0 Å². The molecule has 1 saturated carbocycles. The number of hydrogen-bond acceptors (Lipinski definition) is 3. The zero-order chi connectivity index (χ0) is 18.4. The molecule has 0 aliphatic heterocycles. The van der Waals surface area contributed by atoms with Crippen LogP contribution in [0.3, 0.4) is 0 Å². The molecule has 2 aliphatic carbocycles. The van der Waals surface area contributed by atoms with Gasteiger partial charge >= 0.3 is 0 Å². The summed E-state index contributed by atoms with van der Waals surface area (Å²) in [5.74, 6) is 0. The molecular formula is C22H24O3S. The van der Waals surface area contributed by atoms with E-state index < -0.39 is 9.84 Å². The lowest BCUT2D eigenvalue weighted by atomic mass is 9.96. The van der Waals surface area contributed by atoms with Crippen molar-refractivity contribution in [2.24, 2.45) is 5.41 Å². The predicted octanol–water partition coefficient (Wildman–Crippen LogP) is 4.72. The van der Waals surface area contributed by atoms with Crippen molar-refractivity contribution < 1.29 is 13.2 Å². The Labute approximate surface area is 155 Å². The molecule has 4 rings (SSSR count). The topological polar surface area (TPSA) is 43.4 Å². The van der Waals surface area contributed by atoms with E-state index in [9.17, 15) is 8.42 Å². The van der Waals surface area contributed by atoms with Crippen LogP contribution in [-0.4, -0.2) is 21.8 Å². The fourth-order valence-corrected chi connectivity index (χ4v) is 4.61. The number of sulfone groups is 1. The molecule has 4 heteroatoms. The van der Waals surface area contributed by atoms with Crippen molar-refractivity contribution in [1.82, 2.24) is 0 Å². The lowest BCUT2D eigenvalue weighted by molar-refractivity contribution is 0.185. The van der Waals surface area contributed by atoms with Crippen LogP contribution in [-0.2, 0) is 21.2 Å². The maximum atomic E-state index is 11.7. The zero-order valence-electron chi connectivity index (χ0n) is 15.3. The maximum Gasteiger partial charge on any atom is 0.175 e. The number of benzene rings is 2. The van der Waals surface area contributed by atoms with Crippen molar-refractivity contribution >= 4 is 21.0 Å². The average molecular weight is 368 g/mol. The van der Waals surface area contributed by atoms with Crippen LogP contribution in [0.25, 0.3) is 11.1 Å². The molecule has 1 fully saturated rings. The fourth-order valence-electron chi connectivity index (χ4n) is 3.98. The van der Waals surface area contributed by atoms with Crippen molar-refractivity contribution in [1.29, 1.82) is 0 Å². The van der Waals surface area contributed by atoms with Gasteiger partial charge in [0.1, 0.15) is 0 Å². The summed E-state index contributed by atoms with van der Waals surface area (Å²) in [6.45, 7) is 0.628. The van der Waals surface area contributed by atoms with Crippen LogP contribution in [0, 0.1) is 5.41 Å². The van der Waals surface area contributed by atoms with E-state index in [1.165, 1.54) is 41.4 Å². The van der Waals surface area contributed by atoms with Crippen molar-refractivity contribution in [2.75, 3.05) is 13.4 Å². The van der Waals surface area contributed by atoms with Gasteiger partial charge in [0.15, 0.2) is 9.84 Å². The molecule has 0 bridgehead atoms. The summed E-state index contributed by atoms with van der Waals surface area (Å²) >= 11 is 0. The first-order valence-corrected chi connectivity index (χ1v) is 10.9. The van der Waals surface area contributed by atoms with Gasteiger partial charge < -0.3 is 4.74 Å². The lowest BCUT2D eigenvalue weighted by Crippen LogP contribution is -1.97. The molecule has 26 heavy (non-hydrogen) atoms. The standard InChI is InChI=1S/C22H24O3S/c1-25-15-16-3-5-17(6-4-16)20-13-22(11-12-22)14-21(20)18-7-9-19(10-8-18)26(2,23)24/h3-10H,11-15H2,1-2H3. The Morgan fingerprint density at radius 3 is 1.81 bits per heavy atom. The van der Waals surface area contributed by atoms with Crippen LogP contribution < -0.4 is 0 Å². The summed E-state index contributed by atoms with van der Waals surface area (Å²) in [6, 6.07) is 16.0. The van der Waals surface area contributed by atoms with Gasteiger partial charge in [-0.15, -0.1) is 0 Å². The molecule has 2 aromatic rings. The van der Waals surface area contributed by atoms with Gasteiger partial charge in [-0.1, -0.05) is 36.4 Å². The molecule has 0 aromatic heterocycles. The molecular weight excluding hydrogens is 344 g/mol. The highest BCUT2D eigenvalue weighted by Gasteiger charge is 2.48. The summed E-state index contributed by atoms with van der Waals surface area (Å²) in [7, 11) is -1.45. The van der Waals surface area contributed by atoms with E-state index in [1.54, 1.807) is 19.2 Å². The Morgan fingerprint density at radius 1 is 0.885 bits per heavy atom. The van der Waals surface area contributed by atoms with Gasteiger partial charge in [-0.3, -0.25) is 0 Å². The quantitative estimate of drug-likeness (QED) is 0.767. The van der Waals surface area contributed by atoms with Crippen molar-refractivity contribution in [3.05, 3.63) is 65.2 Å². The Bertz CT molecular complexity index is 947. The number of methoxy groups -OCH3 is 1. The molecule has 0 unspecified atom stereocenters. The van der Waals surface area contributed by atoms with Crippen LogP contribution in [0.15, 0.2) is 53.4 Å². The molecule has 2 aromatic carbocycles. The van der Waals surface area contributed by atoms with Gasteiger partial charge in [0.25, 0.3) is 0 Å². The zero-order valence-corrected chi connectivity index (χ0v) is 16.1. The van der Waals surface area contributed by atoms with Crippen LogP contribution in [0.2, 0.25) is 0 Å². The third kappa shape index (κ3) is 3.36. The summed E-state index contributed by atoms with van der Waals surface area (Å²) in [5, 5.41) is 0. The molecule has 0 saturated heterocycles. The Morgan fingerprint density at radius 2 is 1.38 bits per heavy atom. The second kappa shape index (κ2) is 6.36. The number of hydrogen-bond donors (Lipinski definition) is 0. The van der Waals surface area contributed by atoms with Crippen LogP contribution in [0.4, 0.5) is 0 Å². The SMILES string of the molecule is COCc1ccc(C2=C(c3ccc(S(C)(=O)=O)cc3)CC3(CC3)C2)cc1. The van der Waals surface area contributed by atoms with E-state index in [0.717, 1.165) is 18.4 Å². The second-order valence-corrected chi connectivity index (χ2v) is 9.75. The molecule has 3 nitrogen and oxygen atoms in total. The van der Waals surface area contributed by atoms with Gasteiger partial charge in [-0.25, -0.2) is 8.42 Å². The largest absolute Gasteiger partial charge is 0.380 e. The van der Waals surface area contributed by atoms with E-state index in [-0.39, 0.29) is 0 Å². The minimum atomic E-state index is -3.16. The highest BCUT2D eigenvalue weighted by molar-refractivity contribution is 7.90. The molecule has 0 radical (unpaired) electrons. The molecule has 1 spiro atoms. The fraction of sp³-hybridized carbons (Fsp3) is 0.364. The summed E-state index contributed by atoms with van der Waals surface area (Å²) in [5.41, 5.74) is 6.84. The Hall–Kier alpha value is -1.91. The normalized spacial score (nSPS) is 18.5. The molecule has 0 atom stereocenters. The monoisotopic (exact) mass is 368 g/mol. The van der Waals surface area contributed by atoms with Crippen molar-refractivity contribution in [3.63, 3.8) is 0 Å². The van der Waals surface area contributed by atoms with Gasteiger partial charge in [-0.2, -0.15) is 0 Å². The minimum absolute atomic E-state index is 0.381. The average Bonchev–Trinajstić information content (AvgIpc) is 3.26. The van der Waals surface area contributed by atoms with Crippen molar-refractivity contribution in [2.45, 2.75) is 37.2 Å². The summed E-state index contributed by atoms with van der Waals surface area (Å²) in [4.78, 5) is 0.381. The number of allylic oxidation sites excluding steroid dienone is 2. The predicted molar refractivity (Wildman–Crippen MR) is 104 cm³/mol. The third-order valence-corrected chi connectivity index (χ3v) is 6.80. The van der Waals surface area contributed by atoms with Gasteiger partial charge in [0.2, 0.25) is 0 Å². The minimum Gasteiger partial charge on any atom is -0.380 e. The molecule has 0 amide bonds. The van der Waals surface area contributed by atoms with E-state index in [1.807, 2.05) is 12.1 Å². The highest BCUT2D eigenvalue weighted by Crippen LogP contribution is 2.63. The molecule has 0 N–H and O–H groups in total. The summed E-state index contributed by atoms with van der Waals surface area (Å²) < 4.78 is 28.7. The van der Waals surface area contributed by atoms with E-state index in [0.29, 0.717) is 16.9 Å². The maximum absolute atomic E-state index is 11.7. The number of rotatable bonds is 5. The molecule has 0 heterocycles.